The van der Waals surface area contributed by atoms with Gasteiger partial charge in [-0.1, -0.05) is 12.1 Å². The van der Waals surface area contributed by atoms with Gasteiger partial charge < -0.3 is 5.73 Å². The Hall–Kier alpha value is -1.84. The van der Waals surface area contributed by atoms with Crippen LogP contribution in [0.4, 0.5) is 10.2 Å². The van der Waals surface area contributed by atoms with Crippen molar-refractivity contribution in [2.24, 2.45) is 7.05 Å². The van der Waals surface area contributed by atoms with E-state index in [1.165, 1.54) is 12.1 Å². The predicted octanol–water partition coefficient (Wildman–Crippen LogP) is 2.12. The molecule has 0 saturated carbocycles. The topological polar surface area (TPSA) is 43.8 Å². The fourth-order valence-corrected chi connectivity index (χ4v) is 1.55. The molecule has 2 aromatic rings. The molecule has 0 radical (unpaired) electrons. The van der Waals surface area contributed by atoms with E-state index in [0.717, 1.165) is 16.8 Å². The van der Waals surface area contributed by atoms with E-state index in [9.17, 15) is 4.39 Å². The number of halogens is 1. The first-order chi connectivity index (χ1) is 7.09. The Morgan fingerprint density at radius 1 is 1.40 bits per heavy atom. The van der Waals surface area contributed by atoms with Crippen molar-refractivity contribution in [1.82, 2.24) is 9.78 Å². The highest BCUT2D eigenvalue weighted by atomic mass is 19.1. The largest absolute Gasteiger partial charge is 0.384 e. The monoisotopic (exact) mass is 205 g/mol. The second-order valence-corrected chi connectivity index (χ2v) is 3.49. The van der Waals surface area contributed by atoms with Crippen LogP contribution in [0.25, 0.3) is 11.3 Å². The molecule has 1 heterocycles. The van der Waals surface area contributed by atoms with Crippen LogP contribution in [0, 0.1) is 12.7 Å². The van der Waals surface area contributed by atoms with E-state index in [-0.39, 0.29) is 5.82 Å². The molecule has 1 aromatic carbocycles. The molecule has 3 nitrogen and oxygen atoms in total. The van der Waals surface area contributed by atoms with Crippen LogP contribution in [-0.2, 0) is 7.05 Å². The summed E-state index contributed by atoms with van der Waals surface area (Å²) in [6.07, 6.45) is 0. The third kappa shape index (κ3) is 1.58. The summed E-state index contributed by atoms with van der Waals surface area (Å²) in [5.74, 6) is 0.338. The van der Waals surface area contributed by atoms with E-state index in [1.807, 2.05) is 13.0 Å². The number of anilines is 1. The van der Waals surface area contributed by atoms with Gasteiger partial charge in [-0.2, -0.15) is 5.10 Å². The Kier molecular flexibility index (Phi) is 2.19. The Bertz CT molecular complexity index is 503. The van der Waals surface area contributed by atoms with Crippen LogP contribution in [0.3, 0.4) is 0 Å². The summed E-state index contributed by atoms with van der Waals surface area (Å²) in [6.45, 7) is 1.88. The van der Waals surface area contributed by atoms with Gasteiger partial charge in [0.25, 0.3) is 0 Å². The third-order valence-electron chi connectivity index (χ3n) is 2.44. The lowest BCUT2D eigenvalue weighted by atomic mass is 10.1. The molecule has 0 unspecified atom stereocenters. The van der Waals surface area contributed by atoms with Crippen molar-refractivity contribution in [3.8, 4) is 11.3 Å². The lowest BCUT2D eigenvalue weighted by Gasteiger charge is -1.98. The van der Waals surface area contributed by atoms with Gasteiger partial charge in [-0.05, 0) is 19.1 Å². The maximum Gasteiger partial charge on any atom is 0.124 e. The lowest BCUT2D eigenvalue weighted by Crippen LogP contribution is -1.97. The molecule has 0 bridgehead atoms. The van der Waals surface area contributed by atoms with Crippen LogP contribution in [0.5, 0.6) is 0 Å². The quantitative estimate of drug-likeness (QED) is 0.774. The second kappa shape index (κ2) is 3.38. The van der Waals surface area contributed by atoms with Crippen molar-refractivity contribution in [3.63, 3.8) is 0 Å². The molecule has 0 fully saturated rings. The highest BCUT2D eigenvalue weighted by molar-refractivity contribution is 5.67. The minimum Gasteiger partial charge on any atom is -0.384 e. The summed E-state index contributed by atoms with van der Waals surface area (Å²) >= 11 is 0. The SMILES string of the molecule is Cc1c(-c2cccc(F)c2)nn(C)c1N. The van der Waals surface area contributed by atoms with Gasteiger partial charge in [-0.15, -0.1) is 0 Å². The number of aromatic nitrogens is 2. The maximum absolute atomic E-state index is 13.0. The van der Waals surface area contributed by atoms with Crippen molar-refractivity contribution >= 4 is 5.82 Å². The summed E-state index contributed by atoms with van der Waals surface area (Å²) in [5.41, 5.74) is 8.14. The van der Waals surface area contributed by atoms with Crippen LogP contribution >= 0.6 is 0 Å². The van der Waals surface area contributed by atoms with E-state index < -0.39 is 0 Å². The van der Waals surface area contributed by atoms with Crippen LogP contribution in [0.1, 0.15) is 5.56 Å². The van der Waals surface area contributed by atoms with E-state index in [4.69, 9.17) is 5.73 Å². The van der Waals surface area contributed by atoms with Crippen LogP contribution in [-0.4, -0.2) is 9.78 Å². The molecular formula is C11H12FN3. The minimum absolute atomic E-state index is 0.267. The smallest absolute Gasteiger partial charge is 0.124 e. The van der Waals surface area contributed by atoms with E-state index in [1.54, 1.807) is 17.8 Å². The molecular weight excluding hydrogens is 193 g/mol. The van der Waals surface area contributed by atoms with Gasteiger partial charge >= 0.3 is 0 Å². The molecule has 0 saturated heterocycles. The summed E-state index contributed by atoms with van der Waals surface area (Å²) in [4.78, 5) is 0. The first-order valence-electron chi connectivity index (χ1n) is 4.64. The Labute approximate surface area is 87.3 Å². The van der Waals surface area contributed by atoms with Crippen molar-refractivity contribution < 1.29 is 4.39 Å². The number of rotatable bonds is 1. The molecule has 2 N–H and O–H groups in total. The highest BCUT2D eigenvalue weighted by Gasteiger charge is 2.11. The molecule has 1 aromatic heterocycles. The summed E-state index contributed by atoms with van der Waals surface area (Å²) in [7, 11) is 1.77. The van der Waals surface area contributed by atoms with Gasteiger partial charge in [-0.25, -0.2) is 4.39 Å². The molecule has 0 atom stereocenters. The van der Waals surface area contributed by atoms with E-state index in [0.29, 0.717) is 5.82 Å². The van der Waals surface area contributed by atoms with Crippen LogP contribution in [0.2, 0.25) is 0 Å². The average Bonchev–Trinajstić information content (AvgIpc) is 2.46. The highest BCUT2D eigenvalue weighted by Crippen LogP contribution is 2.25. The van der Waals surface area contributed by atoms with Crippen LogP contribution in [0.15, 0.2) is 24.3 Å². The fourth-order valence-electron chi connectivity index (χ4n) is 1.55. The zero-order valence-electron chi connectivity index (χ0n) is 8.66. The molecule has 15 heavy (non-hydrogen) atoms. The van der Waals surface area contributed by atoms with Crippen molar-refractivity contribution in [2.45, 2.75) is 6.92 Å². The third-order valence-corrected chi connectivity index (χ3v) is 2.44. The van der Waals surface area contributed by atoms with Gasteiger partial charge in [-0.3, -0.25) is 4.68 Å². The zero-order chi connectivity index (χ0) is 11.0. The minimum atomic E-state index is -0.267. The molecule has 0 spiro atoms. The van der Waals surface area contributed by atoms with Gasteiger partial charge in [0.2, 0.25) is 0 Å². The lowest BCUT2D eigenvalue weighted by molar-refractivity contribution is 0.628. The summed E-state index contributed by atoms with van der Waals surface area (Å²) in [6, 6.07) is 6.34. The van der Waals surface area contributed by atoms with Gasteiger partial charge in [0.1, 0.15) is 11.6 Å². The normalized spacial score (nSPS) is 10.6. The maximum atomic E-state index is 13.0. The number of nitrogens with two attached hydrogens (primary N) is 1. The molecule has 0 aliphatic heterocycles. The van der Waals surface area contributed by atoms with E-state index in [2.05, 4.69) is 5.10 Å². The van der Waals surface area contributed by atoms with Crippen LogP contribution < -0.4 is 5.73 Å². The number of nitrogens with zero attached hydrogens (tertiary/aromatic N) is 2. The van der Waals surface area contributed by atoms with Crippen molar-refractivity contribution in [1.29, 1.82) is 0 Å². The zero-order valence-corrected chi connectivity index (χ0v) is 8.66. The number of nitrogen functional groups attached to an aromatic ring is 1. The molecule has 78 valence electrons. The number of hydrogen-bond donors (Lipinski definition) is 1. The fraction of sp³-hybridized carbons (Fsp3) is 0.182. The standard InChI is InChI=1S/C11H12FN3/c1-7-10(14-15(2)11(7)13)8-4-3-5-9(12)6-8/h3-6H,13H2,1-2H3. The average molecular weight is 205 g/mol. The molecule has 2 rings (SSSR count). The molecule has 4 heteroatoms. The predicted molar refractivity (Wildman–Crippen MR) is 57.8 cm³/mol. The molecule has 0 amide bonds. The first kappa shape index (κ1) is 9.71. The van der Waals surface area contributed by atoms with Crippen molar-refractivity contribution in [3.05, 3.63) is 35.6 Å². The van der Waals surface area contributed by atoms with Gasteiger partial charge in [0.15, 0.2) is 0 Å². The summed E-state index contributed by atoms with van der Waals surface area (Å²) in [5, 5.41) is 4.25. The number of hydrogen-bond acceptors (Lipinski definition) is 2. The number of aryl methyl sites for hydroxylation is 1. The second-order valence-electron chi connectivity index (χ2n) is 3.49. The van der Waals surface area contributed by atoms with E-state index >= 15 is 0 Å². The Morgan fingerprint density at radius 2 is 2.13 bits per heavy atom. The molecule has 0 aliphatic rings. The Balaban J connectivity index is 2.59. The van der Waals surface area contributed by atoms with Gasteiger partial charge in [0, 0.05) is 18.2 Å². The van der Waals surface area contributed by atoms with Crippen molar-refractivity contribution in [2.75, 3.05) is 5.73 Å². The summed E-state index contributed by atoms with van der Waals surface area (Å²) < 4.78 is 14.6. The van der Waals surface area contributed by atoms with Gasteiger partial charge in [0.05, 0.1) is 5.69 Å². The number of benzene rings is 1. The Morgan fingerprint density at radius 3 is 2.67 bits per heavy atom. The molecule has 0 aliphatic carbocycles. The first-order valence-corrected chi connectivity index (χ1v) is 4.64.